The third-order valence-electron chi connectivity index (χ3n) is 4.91. The highest BCUT2D eigenvalue weighted by atomic mass is 16.5. The van der Waals surface area contributed by atoms with Gasteiger partial charge in [-0.05, 0) is 24.9 Å². The summed E-state index contributed by atoms with van der Waals surface area (Å²) in [5.41, 5.74) is 0.862. The van der Waals surface area contributed by atoms with E-state index in [2.05, 4.69) is 10.6 Å². The summed E-state index contributed by atoms with van der Waals surface area (Å²) in [5.74, 6) is -1.77. The molecule has 3 rings (SSSR count). The first-order chi connectivity index (χ1) is 12.6. The van der Waals surface area contributed by atoms with Crippen molar-refractivity contribution in [3.8, 4) is 0 Å². The molecule has 2 amide bonds. The van der Waals surface area contributed by atoms with Gasteiger partial charge in [-0.25, -0.2) is 4.79 Å². The minimum atomic E-state index is -0.909. The van der Waals surface area contributed by atoms with Crippen LogP contribution in [0.3, 0.4) is 0 Å². The van der Waals surface area contributed by atoms with Gasteiger partial charge in [0.1, 0.15) is 12.6 Å². The van der Waals surface area contributed by atoms with Gasteiger partial charge in [0.05, 0.1) is 5.92 Å². The van der Waals surface area contributed by atoms with E-state index in [1.165, 1.54) is 0 Å². The maximum Gasteiger partial charge on any atom is 0.408 e. The summed E-state index contributed by atoms with van der Waals surface area (Å²) in [5, 5.41) is 15.0. The van der Waals surface area contributed by atoms with Crippen LogP contribution in [0.25, 0.3) is 0 Å². The number of rotatable bonds is 5. The molecule has 2 fully saturated rings. The lowest BCUT2D eigenvalue weighted by atomic mass is 9.92. The van der Waals surface area contributed by atoms with E-state index in [0.717, 1.165) is 5.56 Å². The van der Waals surface area contributed by atoms with Crippen LogP contribution >= 0.6 is 0 Å². The average molecular weight is 361 g/mol. The standard InChI is InChI=1S/C18H23N3O5/c22-16-14(20-18(25)26-11-12-4-2-1-3-5-12)7-9-21(16)15-6-8-19-10-13(15)17(23)24/h1-5,13-15,19H,6-11H2,(H,20,25)(H,23,24)/t13-,14+,15+/m1/s1. The summed E-state index contributed by atoms with van der Waals surface area (Å²) in [4.78, 5) is 37.6. The molecule has 26 heavy (non-hydrogen) atoms. The predicted octanol–water partition coefficient (Wildman–Crippen LogP) is 0.576. The second-order valence-electron chi connectivity index (χ2n) is 6.58. The Labute approximate surface area is 151 Å². The highest BCUT2D eigenvalue weighted by Crippen LogP contribution is 2.24. The zero-order valence-corrected chi connectivity index (χ0v) is 14.4. The van der Waals surface area contributed by atoms with E-state index in [9.17, 15) is 19.5 Å². The van der Waals surface area contributed by atoms with Gasteiger partial charge in [0, 0.05) is 19.1 Å². The number of aliphatic carboxylic acids is 1. The number of nitrogens with one attached hydrogen (secondary N) is 2. The van der Waals surface area contributed by atoms with E-state index in [0.29, 0.717) is 32.5 Å². The predicted molar refractivity (Wildman–Crippen MR) is 92.3 cm³/mol. The summed E-state index contributed by atoms with van der Waals surface area (Å²) < 4.78 is 5.15. The molecule has 0 spiro atoms. The van der Waals surface area contributed by atoms with Crippen LogP contribution < -0.4 is 10.6 Å². The summed E-state index contributed by atoms with van der Waals surface area (Å²) >= 11 is 0. The Balaban J connectivity index is 1.53. The van der Waals surface area contributed by atoms with Crippen molar-refractivity contribution in [2.75, 3.05) is 19.6 Å². The smallest absolute Gasteiger partial charge is 0.408 e. The van der Waals surface area contributed by atoms with Crippen LogP contribution in [0.4, 0.5) is 4.79 Å². The van der Waals surface area contributed by atoms with Crippen LogP contribution in [-0.4, -0.2) is 59.7 Å². The summed E-state index contributed by atoms with van der Waals surface area (Å²) in [7, 11) is 0. The molecule has 0 aliphatic carbocycles. The Morgan fingerprint density at radius 1 is 1.27 bits per heavy atom. The van der Waals surface area contributed by atoms with Crippen molar-refractivity contribution in [1.82, 2.24) is 15.5 Å². The minimum absolute atomic E-state index is 0.132. The largest absolute Gasteiger partial charge is 0.481 e. The van der Waals surface area contributed by atoms with E-state index in [1.807, 2.05) is 30.3 Å². The SMILES string of the molecule is O=C(N[C@H]1CCN([C@H]2CCNC[C@H]2C(=O)O)C1=O)OCc1ccccc1. The Hall–Kier alpha value is -2.61. The summed E-state index contributed by atoms with van der Waals surface area (Å²) in [6.45, 7) is 1.60. The molecular weight excluding hydrogens is 338 g/mol. The first kappa shape index (κ1) is 18.2. The van der Waals surface area contributed by atoms with Crippen molar-refractivity contribution in [2.24, 2.45) is 5.92 Å². The van der Waals surface area contributed by atoms with E-state index >= 15 is 0 Å². The van der Waals surface area contributed by atoms with Gasteiger partial charge in [0.2, 0.25) is 5.91 Å². The van der Waals surface area contributed by atoms with E-state index in [-0.39, 0.29) is 18.6 Å². The second-order valence-corrected chi connectivity index (χ2v) is 6.58. The molecule has 8 heteroatoms. The van der Waals surface area contributed by atoms with Crippen LogP contribution in [0.5, 0.6) is 0 Å². The third kappa shape index (κ3) is 4.13. The second kappa shape index (κ2) is 8.18. The number of amides is 2. The molecule has 2 heterocycles. The number of nitrogens with zero attached hydrogens (tertiary/aromatic N) is 1. The Bertz CT molecular complexity index is 666. The van der Waals surface area contributed by atoms with Gasteiger partial charge in [0.15, 0.2) is 0 Å². The van der Waals surface area contributed by atoms with Crippen molar-refractivity contribution >= 4 is 18.0 Å². The minimum Gasteiger partial charge on any atom is -0.481 e. The zero-order chi connectivity index (χ0) is 18.5. The zero-order valence-electron chi connectivity index (χ0n) is 14.4. The summed E-state index contributed by atoms with van der Waals surface area (Å²) in [6.07, 6.45) is 0.401. The van der Waals surface area contributed by atoms with Gasteiger partial charge < -0.3 is 25.4 Å². The normalized spacial score (nSPS) is 25.8. The molecule has 0 unspecified atom stereocenters. The van der Waals surface area contributed by atoms with Crippen molar-refractivity contribution in [2.45, 2.75) is 31.5 Å². The molecule has 2 saturated heterocycles. The number of carbonyl (C=O) groups is 3. The number of alkyl carbamates (subject to hydrolysis) is 1. The van der Waals surface area contributed by atoms with Gasteiger partial charge in [-0.2, -0.15) is 0 Å². The van der Waals surface area contributed by atoms with Crippen molar-refractivity contribution in [1.29, 1.82) is 0 Å². The van der Waals surface area contributed by atoms with Crippen molar-refractivity contribution in [3.05, 3.63) is 35.9 Å². The molecular formula is C18H23N3O5. The van der Waals surface area contributed by atoms with Crippen LogP contribution in [-0.2, 0) is 20.9 Å². The molecule has 8 nitrogen and oxygen atoms in total. The molecule has 2 aliphatic rings. The number of carboxylic acids is 1. The van der Waals surface area contributed by atoms with Crippen LogP contribution in [0.1, 0.15) is 18.4 Å². The number of hydrogen-bond acceptors (Lipinski definition) is 5. The van der Waals surface area contributed by atoms with Gasteiger partial charge in [-0.1, -0.05) is 30.3 Å². The third-order valence-corrected chi connectivity index (χ3v) is 4.91. The van der Waals surface area contributed by atoms with Crippen LogP contribution in [0, 0.1) is 5.92 Å². The molecule has 140 valence electrons. The number of likely N-dealkylation sites (tertiary alicyclic amines) is 1. The number of hydrogen-bond donors (Lipinski definition) is 3. The van der Waals surface area contributed by atoms with Gasteiger partial charge in [-0.15, -0.1) is 0 Å². The first-order valence-electron chi connectivity index (χ1n) is 8.77. The highest BCUT2D eigenvalue weighted by Gasteiger charge is 2.42. The molecule has 3 atom stereocenters. The van der Waals surface area contributed by atoms with E-state index in [1.54, 1.807) is 4.90 Å². The van der Waals surface area contributed by atoms with Gasteiger partial charge in [-0.3, -0.25) is 9.59 Å². The average Bonchev–Trinajstić information content (AvgIpc) is 3.01. The number of ether oxygens (including phenoxy) is 1. The molecule has 1 aromatic carbocycles. The van der Waals surface area contributed by atoms with E-state index < -0.39 is 24.0 Å². The first-order valence-corrected chi connectivity index (χ1v) is 8.77. The van der Waals surface area contributed by atoms with Gasteiger partial charge in [0.25, 0.3) is 0 Å². The fourth-order valence-electron chi connectivity index (χ4n) is 3.54. The molecule has 0 aromatic heterocycles. The lowest BCUT2D eigenvalue weighted by Crippen LogP contribution is -2.54. The maximum absolute atomic E-state index is 12.6. The monoisotopic (exact) mass is 361 g/mol. The molecule has 0 radical (unpaired) electrons. The Kier molecular flexibility index (Phi) is 5.72. The lowest BCUT2D eigenvalue weighted by molar-refractivity contribution is -0.146. The topological polar surface area (TPSA) is 108 Å². The number of carbonyl (C=O) groups excluding carboxylic acids is 2. The van der Waals surface area contributed by atoms with Crippen molar-refractivity contribution in [3.63, 3.8) is 0 Å². The Morgan fingerprint density at radius 3 is 2.77 bits per heavy atom. The quantitative estimate of drug-likeness (QED) is 0.708. The Morgan fingerprint density at radius 2 is 2.04 bits per heavy atom. The molecule has 2 aliphatic heterocycles. The number of benzene rings is 1. The fraction of sp³-hybridized carbons (Fsp3) is 0.500. The molecule has 3 N–H and O–H groups in total. The lowest BCUT2D eigenvalue weighted by Gasteiger charge is -2.36. The fourth-order valence-corrected chi connectivity index (χ4v) is 3.54. The molecule has 1 aromatic rings. The summed E-state index contributed by atoms with van der Waals surface area (Å²) in [6, 6.07) is 8.27. The number of piperidine rings is 1. The molecule has 0 bridgehead atoms. The highest BCUT2D eigenvalue weighted by molar-refractivity contribution is 5.88. The van der Waals surface area contributed by atoms with Crippen molar-refractivity contribution < 1.29 is 24.2 Å². The van der Waals surface area contributed by atoms with Crippen LogP contribution in [0.2, 0.25) is 0 Å². The van der Waals surface area contributed by atoms with Gasteiger partial charge >= 0.3 is 12.1 Å². The van der Waals surface area contributed by atoms with E-state index in [4.69, 9.17) is 4.74 Å². The maximum atomic E-state index is 12.6. The van der Waals surface area contributed by atoms with Crippen LogP contribution in [0.15, 0.2) is 30.3 Å². The number of carboxylic acid groups (broad SMARTS) is 1. The molecule has 0 saturated carbocycles.